The van der Waals surface area contributed by atoms with Gasteiger partial charge < -0.3 is 4.90 Å². The van der Waals surface area contributed by atoms with E-state index in [1.165, 1.54) is 27.8 Å². The van der Waals surface area contributed by atoms with Crippen molar-refractivity contribution in [2.45, 2.75) is 11.8 Å². The number of benzene rings is 2. The molecule has 2 aromatic carbocycles. The first kappa shape index (κ1) is 21.2. The lowest BCUT2D eigenvalue weighted by atomic mass is 10.2. The van der Waals surface area contributed by atoms with Crippen molar-refractivity contribution in [3.8, 4) is 16.6 Å². The van der Waals surface area contributed by atoms with Crippen LogP contribution >= 0.6 is 11.3 Å². The fourth-order valence-corrected chi connectivity index (χ4v) is 6.10. The van der Waals surface area contributed by atoms with Crippen LogP contribution in [-0.2, 0) is 10.0 Å². The van der Waals surface area contributed by atoms with E-state index in [1.807, 2.05) is 43.3 Å². The number of nitrogens with zero attached hydrogens (tertiary/aromatic N) is 4. The number of hydrogen-bond acceptors (Lipinski definition) is 6. The van der Waals surface area contributed by atoms with Gasteiger partial charge in [0, 0.05) is 31.7 Å². The standard InChI is InChI=1S/C22H20N4O3S2/c1-16-20(30-21(24-16)17-7-3-2-4-8-17)22(27)25-11-13-26(14-12-25)31(28,29)19-10-6-5-9-18(19)15-23/h2-10H,11-14H2,1H3. The fraction of sp³-hybridized carbons (Fsp3) is 0.227. The Hall–Kier alpha value is -3.06. The van der Waals surface area contributed by atoms with Gasteiger partial charge >= 0.3 is 0 Å². The molecule has 0 bridgehead atoms. The molecule has 0 saturated carbocycles. The zero-order chi connectivity index (χ0) is 22.0. The van der Waals surface area contributed by atoms with Crippen molar-refractivity contribution >= 4 is 27.3 Å². The topological polar surface area (TPSA) is 94.4 Å². The average molecular weight is 453 g/mol. The summed E-state index contributed by atoms with van der Waals surface area (Å²) in [6.45, 7) is 2.74. The van der Waals surface area contributed by atoms with Crippen LogP contribution in [0.3, 0.4) is 0 Å². The lowest BCUT2D eigenvalue weighted by Crippen LogP contribution is -2.50. The Labute approximate surface area is 185 Å². The molecular formula is C22H20N4O3S2. The summed E-state index contributed by atoms with van der Waals surface area (Å²) in [6, 6.07) is 17.8. The summed E-state index contributed by atoms with van der Waals surface area (Å²) in [6.07, 6.45) is 0. The second-order valence-electron chi connectivity index (χ2n) is 7.10. The van der Waals surface area contributed by atoms with Crippen LogP contribution in [-0.4, -0.2) is 54.7 Å². The van der Waals surface area contributed by atoms with Gasteiger partial charge in [0.05, 0.1) is 16.2 Å². The number of rotatable bonds is 4. The Morgan fingerprint density at radius 3 is 2.35 bits per heavy atom. The summed E-state index contributed by atoms with van der Waals surface area (Å²) in [4.78, 5) is 19.9. The second-order valence-corrected chi connectivity index (χ2v) is 10.0. The van der Waals surface area contributed by atoms with Gasteiger partial charge in [0.25, 0.3) is 5.91 Å². The predicted octanol–water partition coefficient (Wildman–Crippen LogP) is 3.14. The van der Waals surface area contributed by atoms with E-state index >= 15 is 0 Å². The maximum atomic E-state index is 13.1. The van der Waals surface area contributed by atoms with Crippen LogP contribution in [0.1, 0.15) is 20.9 Å². The summed E-state index contributed by atoms with van der Waals surface area (Å²) >= 11 is 1.35. The molecule has 158 valence electrons. The molecule has 3 aromatic rings. The third-order valence-electron chi connectivity index (χ3n) is 5.16. The number of amides is 1. The third-order valence-corrected chi connectivity index (χ3v) is 8.31. The summed E-state index contributed by atoms with van der Waals surface area (Å²) in [5, 5.41) is 10.0. The first-order valence-corrected chi connectivity index (χ1v) is 12.0. The van der Waals surface area contributed by atoms with Gasteiger partial charge in [-0.05, 0) is 19.1 Å². The van der Waals surface area contributed by atoms with Crippen molar-refractivity contribution in [2.24, 2.45) is 0 Å². The minimum atomic E-state index is -3.80. The number of carbonyl (C=O) groups is 1. The molecule has 1 aromatic heterocycles. The molecule has 0 unspecified atom stereocenters. The first-order valence-electron chi connectivity index (χ1n) is 9.73. The van der Waals surface area contributed by atoms with Gasteiger partial charge in [0.2, 0.25) is 10.0 Å². The molecule has 0 aliphatic carbocycles. The van der Waals surface area contributed by atoms with Crippen molar-refractivity contribution in [1.82, 2.24) is 14.2 Å². The van der Waals surface area contributed by atoms with Crippen LogP contribution in [0.15, 0.2) is 59.5 Å². The van der Waals surface area contributed by atoms with Crippen molar-refractivity contribution in [3.63, 3.8) is 0 Å². The monoisotopic (exact) mass is 452 g/mol. The molecule has 9 heteroatoms. The van der Waals surface area contributed by atoms with E-state index in [-0.39, 0.29) is 42.5 Å². The van der Waals surface area contributed by atoms with E-state index in [2.05, 4.69) is 4.98 Å². The van der Waals surface area contributed by atoms with Gasteiger partial charge in [-0.3, -0.25) is 4.79 Å². The van der Waals surface area contributed by atoms with Crippen LogP contribution in [0, 0.1) is 18.3 Å². The molecule has 0 spiro atoms. The number of sulfonamides is 1. The number of hydrogen-bond donors (Lipinski definition) is 0. The van der Waals surface area contributed by atoms with Crippen LogP contribution in [0.2, 0.25) is 0 Å². The van der Waals surface area contributed by atoms with E-state index in [4.69, 9.17) is 0 Å². The van der Waals surface area contributed by atoms with Gasteiger partial charge in [0.1, 0.15) is 16.0 Å². The Bertz CT molecular complexity index is 1260. The summed E-state index contributed by atoms with van der Waals surface area (Å²) in [5.41, 5.74) is 1.75. The van der Waals surface area contributed by atoms with E-state index in [0.29, 0.717) is 10.6 Å². The van der Waals surface area contributed by atoms with Crippen LogP contribution in [0.25, 0.3) is 10.6 Å². The highest BCUT2D eigenvalue weighted by atomic mass is 32.2. The molecule has 2 heterocycles. The second kappa shape index (κ2) is 8.59. The maximum absolute atomic E-state index is 13.1. The van der Waals surface area contributed by atoms with Gasteiger partial charge in [-0.15, -0.1) is 11.3 Å². The number of carbonyl (C=O) groups excluding carboxylic acids is 1. The van der Waals surface area contributed by atoms with Crippen molar-refractivity contribution in [1.29, 1.82) is 5.26 Å². The molecular weight excluding hydrogens is 432 g/mol. The van der Waals surface area contributed by atoms with E-state index in [9.17, 15) is 18.5 Å². The number of nitriles is 1. The van der Waals surface area contributed by atoms with Crippen molar-refractivity contribution in [3.05, 3.63) is 70.7 Å². The van der Waals surface area contributed by atoms with Gasteiger partial charge in [-0.2, -0.15) is 9.57 Å². The predicted molar refractivity (Wildman–Crippen MR) is 118 cm³/mol. The van der Waals surface area contributed by atoms with Crippen LogP contribution < -0.4 is 0 Å². The number of piperazine rings is 1. The fourth-order valence-electron chi connectivity index (χ4n) is 3.50. The zero-order valence-corrected chi connectivity index (χ0v) is 18.5. The van der Waals surface area contributed by atoms with Gasteiger partial charge in [0.15, 0.2) is 0 Å². The molecule has 4 rings (SSSR count). The van der Waals surface area contributed by atoms with Crippen LogP contribution in [0.5, 0.6) is 0 Å². The lowest BCUT2D eigenvalue weighted by Gasteiger charge is -2.34. The highest BCUT2D eigenvalue weighted by Gasteiger charge is 2.32. The molecule has 1 amide bonds. The minimum absolute atomic E-state index is 0.00285. The molecule has 1 fully saturated rings. The number of aromatic nitrogens is 1. The molecule has 0 N–H and O–H groups in total. The molecule has 1 aliphatic heterocycles. The maximum Gasteiger partial charge on any atom is 0.265 e. The van der Waals surface area contributed by atoms with Crippen molar-refractivity contribution in [2.75, 3.05) is 26.2 Å². The largest absolute Gasteiger partial charge is 0.335 e. The zero-order valence-electron chi connectivity index (χ0n) is 16.9. The molecule has 31 heavy (non-hydrogen) atoms. The lowest BCUT2D eigenvalue weighted by molar-refractivity contribution is 0.0702. The Balaban J connectivity index is 1.49. The van der Waals surface area contributed by atoms with E-state index in [1.54, 1.807) is 17.0 Å². The molecule has 1 saturated heterocycles. The first-order chi connectivity index (χ1) is 14.9. The molecule has 1 aliphatic rings. The Morgan fingerprint density at radius 2 is 1.68 bits per heavy atom. The van der Waals surface area contributed by atoms with Crippen LogP contribution in [0.4, 0.5) is 0 Å². The number of aryl methyl sites for hydroxylation is 1. The Kier molecular flexibility index (Phi) is 5.87. The molecule has 7 nitrogen and oxygen atoms in total. The van der Waals surface area contributed by atoms with Gasteiger partial charge in [-0.25, -0.2) is 13.4 Å². The smallest absolute Gasteiger partial charge is 0.265 e. The van der Waals surface area contributed by atoms with Gasteiger partial charge in [-0.1, -0.05) is 42.5 Å². The molecule has 0 radical (unpaired) electrons. The number of thiazole rings is 1. The normalized spacial score (nSPS) is 14.9. The quantitative estimate of drug-likeness (QED) is 0.606. The summed E-state index contributed by atoms with van der Waals surface area (Å²) in [5.74, 6) is -0.133. The molecule has 0 atom stereocenters. The Morgan fingerprint density at radius 1 is 1.03 bits per heavy atom. The summed E-state index contributed by atoms with van der Waals surface area (Å²) in [7, 11) is -3.80. The highest BCUT2D eigenvalue weighted by Crippen LogP contribution is 2.29. The third kappa shape index (κ3) is 4.10. The minimum Gasteiger partial charge on any atom is -0.335 e. The van der Waals surface area contributed by atoms with E-state index in [0.717, 1.165) is 10.6 Å². The van der Waals surface area contributed by atoms with E-state index < -0.39 is 10.0 Å². The summed E-state index contributed by atoms with van der Waals surface area (Å²) < 4.78 is 27.3. The van der Waals surface area contributed by atoms with Crippen molar-refractivity contribution < 1.29 is 13.2 Å². The highest BCUT2D eigenvalue weighted by molar-refractivity contribution is 7.89. The SMILES string of the molecule is Cc1nc(-c2ccccc2)sc1C(=O)N1CCN(S(=O)(=O)c2ccccc2C#N)CC1. The average Bonchev–Trinajstić information content (AvgIpc) is 3.20.